The van der Waals surface area contributed by atoms with E-state index < -0.39 is 5.60 Å². The molecule has 8 heteroatoms. The highest BCUT2D eigenvalue weighted by Crippen LogP contribution is 2.22. The average Bonchev–Trinajstić information content (AvgIpc) is 3.24. The summed E-state index contributed by atoms with van der Waals surface area (Å²) in [5.74, 6) is 2.76. The third-order valence-electron chi connectivity index (χ3n) is 5.36. The number of ether oxygens (including phenoxy) is 2. The molecule has 1 fully saturated rings. The van der Waals surface area contributed by atoms with Gasteiger partial charge in [-0.3, -0.25) is 4.90 Å². The Kier molecular flexibility index (Phi) is 8.96. The quantitative estimate of drug-likeness (QED) is 0.382. The van der Waals surface area contributed by atoms with Crippen LogP contribution in [0.5, 0.6) is 5.75 Å². The molecule has 2 aromatic rings. The molecule has 0 aliphatic carbocycles. The number of morpholine rings is 1. The second-order valence-electron chi connectivity index (χ2n) is 8.14. The number of guanidine groups is 1. The highest BCUT2D eigenvalue weighted by atomic mass is 16.5. The van der Waals surface area contributed by atoms with Gasteiger partial charge in [0.15, 0.2) is 5.96 Å². The first kappa shape index (κ1) is 24.1. The van der Waals surface area contributed by atoms with Crippen LogP contribution in [0.4, 0.5) is 0 Å². The van der Waals surface area contributed by atoms with E-state index in [4.69, 9.17) is 18.9 Å². The highest BCUT2D eigenvalue weighted by Gasteiger charge is 2.27. The Morgan fingerprint density at radius 3 is 2.69 bits per heavy atom. The van der Waals surface area contributed by atoms with E-state index in [9.17, 15) is 5.11 Å². The monoisotopic (exact) mass is 444 g/mol. The van der Waals surface area contributed by atoms with Gasteiger partial charge in [-0.25, -0.2) is 4.99 Å². The standard InChI is InChI=1S/C24H36N4O4/c1-4-25-23(27-18-24(3,29)22-10-9-19(2)32-22)26-17-20-7-5-6-8-21(20)31-16-13-28-11-14-30-15-12-28/h5-10,29H,4,11-18H2,1-3H3,(H2,25,26,27). The Labute approximate surface area is 190 Å². The zero-order valence-electron chi connectivity index (χ0n) is 19.4. The molecule has 176 valence electrons. The molecule has 1 saturated heterocycles. The molecule has 1 atom stereocenters. The van der Waals surface area contributed by atoms with E-state index in [0.717, 1.165) is 49.9 Å². The predicted molar refractivity (Wildman–Crippen MR) is 125 cm³/mol. The lowest BCUT2D eigenvalue weighted by molar-refractivity contribution is 0.0322. The van der Waals surface area contributed by atoms with Crippen molar-refractivity contribution in [3.05, 3.63) is 53.5 Å². The average molecular weight is 445 g/mol. The Morgan fingerprint density at radius 2 is 1.97 bits per heavy atom. The Morgan fingerprint density at radius 1 is 1.19 bits per heavy atom. The molecular weight excluding hydrogens is 408 g/mol. The summed E-state index contributed by atoms with van der Waals surface area (Å²) in [6, 6.07) is 11.6. The lowest BCUT2D eigenvalue weighted by Gasteiger charge is -2.26. The number of aliphatic hydroxyl groups is 1. The molecule has 1 aliphatic heterocycles. The number of nitrogens with zero attached hydrogens (tertiary/aromatic N) is 2. The van der Waals surface area contributed by atoms with Gasteiger partial charge in [0, 0.05) is 31.7 Å². The van der Waals surface area contributed by atoms with E-state index in [1.807, 2.05) is 44.2 Å². The zero-order chi connectivity index (χ0) is 22.8. The van der Waals surface area contributed by atoms with Gasteiger partial charge < -0.3 is 29.6 Å². The molecule has 1 unspecified atom stereocenters. The summed E-state index contributed by atoms with van der Waals surface area (Å²) in [5.41, 5.74) is -0.134. The van der Waals surface area contributed by atoms with Gasteiger partial charge in [0.2, 0.25) is 0 Å². The fourth-order valence-electron chi connectivity index (χ4n) is 3.46. The summed E-state index contributed by atoms with van der Waals surface area (Å²) in [7, 11) is 0. The van der Waals surface area contributed by atoms with Crippen LogP contribution in [0.1, 0.15) is 30.9 Å². The summed E-state index contributed by atoms with van der Waals surface area (Å²) in [4.78, 5) is 7.04. The molecule has 0 radical (unpaired) electrons. The van der Waals surface area contributed by atoms with Crippen molar-refractivity contribution in [2.45, 2.75) is 32.9 Å². The summed E-state index contributed by atoms with van der Waals surface area (Å²) in [6.07, 6.45) is 0. The third kappa shape index (κ3) is 7.25. The largest absolute Gasteiger partial charge is 0.492 e. The number of nitrogens with one attached hydrogen (secondary N) is 2. The van der Waals surface area contributed by atoms with E-state index in [2.05, 4.69) is 15.5 Å². The van der Waals surface area contributed by atoms with E-state index in [1.165, 1.54) is 0 Å². The van der Waals surface area contributed by atoms with E-state index >= 15 is 0 Å². The molecule has 2 heterocycles. The van der Waals surface area contributed by atoms with Crippen molar-refractivity contribution in [3.63, 3.8) is 0 Å². The van der Waals surface area contributed by atoms with E-state index in [1.54, 1.807) is 13.0 Å². The fourth-order valence-corrected chi connectivity index (χ4v) is 3.46. The first-order chi connectivity index (χ1) is 15.5. The van der Waals surface area contributed by atoms with Crippen LogP contribution in [0.3, 0.4) is 0 Å². The maximum absolute atomic E-state index is 10.8. The summed E-state index contributed by atoms with van der Waals surface area (Å²) < 4.78 is 17.0. The molecule has 0 spiro atoms. The lowest BCUT2D eigenvalue weighted by Crippen LogP contribution is -2.44. The van der Waals surface area contributed by atoms with Crippen molar-refractivity contribution in [2.75, 3.05) is 52.5 Å². The Hall–Kier alpha value is -2.55. The minimum Gasteiger partial charge on any atom is -0.492 e. The van der Waals surface area contributed by atoms with Gasteiger partial charge >= 0.3 is 0 Å². The van der Waals surface area contributed by atoms with Gasteiger partial charge in [0.25, 0.3) is 0 Å². The van der Waals surface area contributed by atoms with Crippen LogP contribution >= 0.6 is 0 Å². The van der Waals surface area contributed by atoms with Crippen molar-refractivity contribution < 1.29 is 19.0 Å². The van der Waals surface area contributed by atoms with Crippen LogP contribution < -0.4 is 15.4 Å². The summed E-state index contributed by atoms with van der Waals surface area (Å²) in [6.45, 7) is 12.0. The third-order valence-corrected chi connectivity index (χ3v) is 5.36. The van der Waals surface area contributed by atoms with Crippen molar-refractivity contribution in [1.82, 2.24) is 15.5 Å². The van der Waals surface area contributed by atoms with Crippen LogP contribution in [0, 0.1) is 6.92 Å². The number of hydrogen-bond donors (Lipinski definition) is 3. The number of benzene rings is 1. The number of aryl methyl sites for hydroxylation is 1. The van der Waals surface area contributed by atoms with Crippen LogP contribution in [0.15, 0.2) is 45.8 Å². The normalized spacial score (nSPS) is 17.1. The molecular formula is C24H36N4O4. The van der Waals surface area contributed by atoms with Gasteiger partial charge in [0.05, 0.1) is 26.3 Å². The van der Waals surface area contributed by atoms with Gasteiger partial charge in [-0.2, -0.15) is 0 Å². The Balaban J connectivity index is 1.57. The van der Waals surface area contributed by atoms with Crippen molar-refractivity contribution in [1.29, 1.82) is 0 Å². The molecule has 0 amide bonds. The number of para-hydroxylation sites is 1. The maximum Gasteiger partial charge on any atom is 0.191 e. The van der Waals surface area contributed by atoms with Crippen LogP contribution in [0.25, 0.3) is 0 Å². The minimum atomic E-state index is -1.15. The molecule has 8 nitrogen and oxygen atoms in total. The van der Waals surface area contributed by atoms with Crippen molar-refractivity contribution >= 4 is 5.96 Å². The maximum atomic E-state index is 10.8. The summed E-state index contributed by atoms with van der Waals surface area (Å²) in [5, 5.41) is 17.2. The molecule has 1 aromatic carbocycles. The zero-order valence-corrected chi connectivity index (χ0v) is 19.4. The summed E-state index contributed by atoms with van der Waals surface area (Å²) >= 11 is 0. The molecule has 0 saturated carbocycles. The second kappa shape index (κ2) is 11.9. The van der Waals surface area contributed by atoms with Gasteiger partial charge in [-0.1, -0.05) is 18.2 Å². The molecule has 32 heavy (non-hydrogen) atoms. The SMILES string of the molecule is CCNC(=NCc1ccccc1OCCN1CCOCC1)NCC(C)(O)c1ccc(C)o1. The van der Waals surface area contributed by atoms with E-state index in [-0.39, 0.29) is 6.54 Å². The van der Waals surface area contributed by atoms with E-state index in [0.29, 0.717) is 31.4 Å². The minimum absolute atomic E-state index is 0.267. The van der Waals surface area contributed by atoms with Crippen molar-refractivity contribution in [2.24, 2.45) is 4.99 Å². The van der Waals surface area contributed by atoms with Gasteiger partial charge in [-0.05, 0) is 39.0 Å². The van der Waals surface area contributed by atoms with Gasteiger partial charge in [-0.15, -0.1) is 0 Å². The number of hydrogen-bond acceptors (Lipinski definition) is 6. The predicted octanol–water partition coefficient (Wildman–Crippen LogP) is 2.26. The number of rotatable bonds is 10. The highest BCUT2D eigenvalue weighted by molar-refractivity contribution is 5.79. The number of aliphatic imine (C=N–C) groups is 1. The lowest BCUT2D eigenvalue weighted by atomic mass is 10.0. The molecule has 1 aromatic heterocycles. The van der Waals surface area contributed by atoms with Crippen molar-refractivity contribution in [3.8, 4) is 5.75 Å². The fraction of sp³-hybridized carbons (Fsp3) is 0.542. The molecule has 3 N–H and O–H groups in total. The number of furan rings is 1. The smallest absolute Gasteiger partial charge is 0.191 e. The van der Waals surface area contributed by atoms with Crippen LogP contribution in [-0.2, 0) is 16.9 Å². The Bertz CT molecular complexity index is 859. The molecule has 1 aliphatic rings. The van der Waals surface area contributed by atoms with Crippen LogP contribution in [-0.4, -0.2) is 68.5 Å². The molecule has 0 bridgehead atoms. The topological polar surface area (TPSA) is 91.5 Å². The first-order valence-electron chi connectivity index (χ1n) is 11.3. The van der Waals surface area contributed by atoms with Gasteiger partial charge in [0.1, 0.15) is 29.5 Å². The van der Waals surface area contributed by atoms with Crippen LogP contribution in [0.2, 0.25) is 0 Å². The molecule has 3 rings (SSSR count). The second-order valence-corrected chi connectivity index (χ2v) is 8.14. The first-order valence-corrected chi connectivity index (χ1v) is 11.3.